The first kappa shape index (κ1) is 27.3. The van der Waals surface area contributed by atoms with Gasteiger partial charge in [0, 0.05) is 81.7 Å². The highest BCUT2D eigenvalue weighted by Crippen LogP contribution is 2.26. The van der Waals surface area contributed by atoms with Crippen molar-refractivity contribution < 1.29 is 19.1 Å². The van der Waals surface area contributed by atoms with Crippen LogP contribution in [0, 0.1) is 5.92 Å². The van der Waals surface area contributed by atoms with E-state index in [0.717, 1.165) is 45.6 Å². The number of carbonyl (C=O) groups excluding carboxylic acids is 2. The maximum absolute atomic E-state index is 13.2. The fourth-order valence-electron chi connectivity index (χ4n) is 5.17. The van der Waals surface area contributed by atoms with Crippen LogP contribution in [0.2, 0.25) is 0 Å². The van der Waals surface area contributed by atoms with Crippen molar-refractivity contribution in [1.82, 2.24) is 19.7 Å². The fourth-order valence-corrected chi connectivity index (χ4v) is 5.17. The molecule has 2 heterocycles. The Bertz CT molecular complexity index is 1440. The van der Waals surface area contributed by atoms with E-state index < -0.39 is 0 Å². The van der Waals surface area contributed by atoms with Crippen molar-refractivity contribution in [3.63, 3.8) is 0 Å². The van der Waals surface area contributed by atoms with Crippen molar-refractivity contribution in [3.05, 3.63) is 63.7 Å². The number of fused-ring (bicyclic) bond motifs is 1. The zero-order valence-corrected chi connectivity index (χ0v) is 23.0. The molecule has 202 valence electrons. The number of nitrogens with zero attached hydrogens (tertiary/aromatic N) is 3. The standard InChI is InChI=1S/C30H38N4O4/c1-7-24-25(29(35)31-12-13-37-5)11-8-20(2)26(24)19-32(3)16-21-17-34(18-21)30(36)28-14-22-9-10-23(38-6)15-27(22)33(28)4/h8-11,14-15,19,21H,2,7,12-13,16-18H2,1,3-6H3,(H,31,35)/b26-19+. The van der Waals surface area contributed by atoms with Crippen molar-refractivity contribution in [2.45, 2.75) is 13.3 Å². The Morgan fingerprint density at radius 2 is 1.95 bits per heavy atom. The lowest BCUT2D eigenvalue weighted by Crippen LogP contribution is -2.53. The third-order valence-electron chi connectivity index (χ3n) is 7.25. The molecular formula is C30H38N4O4. The molecule has 0 saturated carbocycles. The number of aromatic nitrogens is 1. The molecule has 0 radical (unpaired) electrons. The number of carbonyl (C=O) groups is 2. The third kappa shape index (κ3) is 5.55. The van der Waals surface area contributed by atoms with Gasteiger partial charge in [0.15, 0.2) is 0 Å². The van der Waals surface area contributed by atoms with Gasteiger partial charge in [0.25, 0.3) is 11.8 Å². The fraction of sp³-hybridized carbons (Fsp3) is 0.400. The summed E-state index contributed by atoms with van der Waals surface area (Å²) in [5.41, 5.74) is 3.31. The first-order chi connectivity index (χ1) is 18.3. The summed E-state index contributed by atoms with van der Waals surface area (Å²) < 4.78 is 12.3. The summed E-state index contributed by atoms with van der Waals surface area (Å²) in [6.07, 6.45) is 2.80. The Morgan fingerprint density at radius 3 is 2.63 bits per heavy atom. The van der Waals surface area contributed by atoms with Crippen molar-refractivity contribution in [1.29, 1.82) is 0 Å². The molecule has 1 aliphatic heterocycles. The average molecular weight is 519 g/mol. The van der Waals surface area contributed by atoms with E-state index in [1.807, 2.05) is 60.0 Å². The van der Waals surface area contributed by atoms with Crippen LogP contribution < -0.4 is 20.5 Å². The molecule has 1 fully saturated rings. The quantitative estimate of drug-likeness (QED) is 0.416. The number of hydrogen-bond acceptors (Lipinski definition) is 5. The molecule has 3 aromatic rings. The lowest BCUT2D eigenvalue weighted by atomic mass is 9.98. The highest BCUT2D eigenvalue weighted by molar-refractivity contribution is 5.99. The number of rotatable bonds is 10. The molecule has 2 amide bonds. The third-order valence-corrected chi connectivity index (χ3v) is 7.25. The molecule has 1 N–H and O–H groups in total. The van der Waals surface area contributed by atoms with Crippen LogP contribution in [0.3, 0.4) is 0 Å². The SMILES string of the molecule is C=c1ccc(C(=O)NCCOC)c(CC)/c1=C/N(C)CC1CN(C(=O)c2cc3ccc(OC)cc3n2C)C1. The second-order valence-electron chi connectivity index (χ2n) is 9.92. The van der Waals surface area contributed by atoms with Crippen molar-refractivity contribution in [2.75, 3.05) is 54.1 Å². The Balaban J connectivity index is 1.43. The molecule has 8 nitrogen and oxygen atoms in total. The van der Waals surface area contributed by atoms with E-state index >= 15 is 0 Å². The molecule has 2 aromatic carbocycles. The van der Waals surface area contributed by atoms with Crippen LogP contribution >= 0.6 is 0 Å². The molecule has 1 aromatic heterocycles. The largest absolute Gasteiger partial charge is 0.497 e. The van der Waals surface area contributed by atoms with Gasteiger partial charge in [0.2, 0.25) is 0 Å². The number of likely N-dealkylation sites (tertiary alicyclic amines) is 1. The Hall–Kier alpha value is -3.78. The monoisotopic (exact) mass is 518 g/mol. The summed E-state index contributed by atoms with van der Waals surface area (Å²) in [6.45, 7) is 9.42. The summed E-state index contributed by atoms with van der Waals surface area (Å²) in [4.78, 5) is 30.0. The molecule has 0 atom stereocenters. The topological polar surface area (TPSA) is 76.0 Å². The van der Waals surface area contributed by atoms with Gasteiger partial charge < -0.3 is 29.2 Å². The minimum absolute atomic E-state index is 0.0473. The molecule has 0 spiro atoms. The van der Waals surface area contributed by atoms with E-state index in [1.54, 1.807) is 14.2 Å². The number of amides is 2. The van der Waals surface area contributed by atoms with Crippen LogP contribution in [0.25, 0.3) is 23.7 Å². The molecule has 1 aliphatic rings. The highest BCUT2D eigenvalue weighted by atomic mass is 16.5. The van der Waals surface area contributed by atoms with E-state index in [2.05, 4.69) is 29.9 Å². The van der Waals surface area contributed by atoms with Gasteiger partial charge >= 0.3 is 0 Å². The maximum atomic E-state index is 13.2. The van der Waals surface area contributed by atoms with Gasteiger partial charge in [-0.1, -0.05) is 19.6 Å². The predicted molar refractivity (Wildman–Crippen MR) is 151 cm³/mol. The Morgan fingerprint density at radius 1 is 1.18 bits per heavy atom. The maximum Gasteiger partial charge on any atom is 0.270 e. The molecule has 38 heavy (non-hydrogen) atoms. The molecule has 8 heteroatoms. The van der Waals surface area contributed by atoms with Gasteiger partial charge in [-0.3, -0.25) is 9.59 Å². The van der Waals surface area contributed by atoms with Crippen LogP contribution in [0.15, 0.2) is 36.4 Å². The molecule has 1 saturated heterocycles. The van der Waals surface area contributed by atoms with Gasteiger partial charge in [0.1, 0.15) is 11.4 Å². The minimum atomic E-state index is -0.101. The summed E-state index contributed by atoms with van der Waals surface area (Å²) in [5, 5.41) is 5.80. The molecule has 0 bridgehead atoms. The number of nitrogens with one attached hydrogen (secondary N) is 1. The number of hydrogen-bond donors (Lipinski definition) is 1. The first-order valence-electron chi connectivity index (χ1n) is 13.0. The molecule has 4 rings (SSSR count). The Labute approximate surface area is 224 Å². The van der Waals surface area contributed by atoms with Crippen molar-refractivity contribution >= 4 is 35.5 Å². The van der Waals surface area contributed by atoms with E-state index in [4.69, 9.17) is 9.47 Å². The Kier molecular flexibility index (Phi) is 8.42. The van der Waals surface area contributed by atoms with Crippen LogP contribution in [0.5, 0.6) is 5.75 Å². The zero-order chi connectivity index (χ0) is 27.4. The summed E-state index contributed by atoms with van der Waals surface area (Å²) in [6, 6.07) is 11.5. The lowest BCUT2D eigenvalue weighted by molar-refractivity contribution is 0.0459. The predicted octanol–water partition coefficient (Wildman–Crippen LogP) is 1.98. The summed E-state index contributed by atoms with van der Waals surface area (Å²) >= 11 is 0. The minimum Gasteiger partial charge on any atom is -0.497 e. The van der Waals surface area contributed by atoms with Crippen LogP contribution in [-0.2, 0) is 18.2 Å². The van der Waals surface area contributed by atoms with Crippen LogP contribution in [-0.4, -0.2) is 80.2 Å². The number of benzene rings is 2. The molecule has 0 unspecified atom stereocenters. The number of ether oxygens (including phenoxy) is 2. The van der Waals surface area contributed by atoms with Crippen LogP contribution in [0.4, 0.5) is 0 Å². The van der Waals surface area contributed by atoms with Gasteiger partial charge in [-0.25, -0.2) is 0 Å². The van der Waals surface area contributed by atoms with E-state index in [9.17, 15) is 9.59 Å². The second-order valence-corrected chi connectivity index (χ2v) is 9.92. The van der Waals surface area contributed by atoms with Crippen molar-refractivity contribution in [2.24, 2.45) is 13.0 Å². The normalized spacial score (nSPS) is 14.0. The molecular weight excluding hydrogens is 480 g/mol. The second kappa shape index (κ2) is 11.7. The average Bonchev–Trinajstić information content (AvgIpc) is 3.22. The number of aryl methyl sites for hydroxylation is 1. The smallest absolute Gasteiger partial charge is 0.270 e. The van der Waals surface area contributed by atoms with Gasteiger partial charge in [-0.2, -0.15) is 0 Å². The first-order valence-corrected chi connectivity index (χ1v) is 13.0. The summed E-state index contributed by atoms with van der Waals surface area (Å²) in [7, 11) is 7.21. The van der Waals surface area contributed by atoms with Gasteiger partial charge in [0.05, 0.1) is 19.2 Å². The lowest BCUT2D eigenvalue weighted by Gasteiger charge is -2.40. The van der Waals surface area contributed by atoms with E-state index in [0.29, 0.717) is 43.4 Å². The van der Waals surface area contributed by atoms with Gasteiger partial charge in [-0.05, 0) is 41.5 Å². The highest BCUT2D eigenvalue weighted by Gasteiger charge is 2.33. The van der Waals surface area contributed by atoms with Gasteiger partial charge in [-0.15, -0.1) is 0 Å². The van der Waals surface area contributed by atoms with Crippen LogP contribution in [0.1, 0.15) is 33.3 Å². The van der Waals surface area contributed by atoms with E-state index in [-0.39, 0.29) is 11.8 Å². The van der Waals surface area contributed by atoms with Crippen molar-refractivity contribution in [3.8, 4) is 5.75 Å². The zero-order valence-electron chi connectivity index (χ0n) is 23.0. The summed E-state index contributed by atoms with van der Waals surface area (Å²) in [5.74, 6) is 1.09. The number of methoxy groups -OCH3 is 2. The molecule has 0 aliphatic carbocycles. The van der Waals surface area contributed by atoms with E-state index in [1.165, 1.54) is 0 Å².